The van der Waals surface area contributed by atoms with Crippen LogP contribution >= 0.6 is 23.2 Å². The lowest BCUT2D eigenvalue weighted by Gasteiger charge is -2.09. The predicted octanol–water partition coefficient (Wildman–Crippen LogP) is 3.89. The van der Waals surface area contributed by atoms with E-state index in [9.17, 15) is 0 Å². The number of nitrogens with two attached hydrogens (primary N) is 1. The first-order valence-corrected chi connectivity index (χ1v) is 6.23. The highest BCUT2D eigenvalue weighted by Gasteiger charge is 2.06. The largest absolute Gasteiger partial charge is 0.382 e. The Morgan fingerprint density at radius 2 is 2.00 bits per heavy atom. The van der Waals surface area contributed by atoms with Crippen LogP contribution in [0.25, 0.3) is 0 Å². The fourth-order valence-electron chi connectivity index (χ4n) is 1.61. The van der Waals surface area contributed by atoms with Gasteiger partial charge in [0, 0.05) is 6.54 Å². The van der Waals surface area contributed by atoms with Crippen LogP contribution in [0.3, 0.4) is 0 Å². The molecule has 0 saturated carbocycles. The lowest BCUT2D eigenvalue weighted by molar-refractivity contribution is 1.11. The molecule has 0 radical (unpaired) electrons. The van der Waals surface area contributed by atoms with Crippen LogP contribution in [0.2, 0.25) is 10.0 Å². The number of hydrogen-bond donors (Lipinski definition) is 2. The zero-order chi connectivity index (χ0) is 13.1. The summed E-state index contributed by atoms with van der Waals surface area (Å²) in [7, 11) is 0. The number of halogens is 2. The number of anilines is 2. The van der Waals surface area contributed by atoms with Gasteiger partial charge in [-0.1, -0.05) is 53.0 Å². The number of benzene rings is 1. The van der Waals surface area contributed by atoms with Crippen molar-refractivity contribution < 1.29 is 0 Å². The molecule has 1 aromatic carbocycles. The normalized spacial score (nSPS) is 10.4. The standard InChI is InChI=1S/C13H13Cl2N3/c1-8-3-2-4-9(5-8)7-17-13-11(15)6-10(14)12(16)18-13/h2-6H,7H2,1H3,(H3,16,17,18). The molecule has 18 heavy (non-hydrogen) atoms. The molecule has 0 bridgehead atoms. The Morgan fingerprint density at radius 3 is 2.72 bits per heavy atom. The van der Waals surface area contributed by atoms with E-state index in [2.05, 4.69) is 29.4 Å². The van der Waals surface area contributed by atoms with E-state index in [4.69, 9.17) is 28.9 Å². The molecule has 0 saturated heterocycles. The van der Waals surface area contributed by atoms with E-state index in [0.717, 1.165) is 5.56 Å². The maximum Gasteiger partial charge on any atom is 0.147 e. The summed E-state index contributed by atoms with van der Waals surface area (Å²) in [6.07, 6.45) is 0. The summed E-state index contributed by atoms with van der Waals surface area (Å²) in [5.74, 6) is 0.813. The van der Waals surface area contributed by atoms with Gasteiger partial charge in [-0.25, -0.2) is 4.98 Å². The SMILES string of the molecule is Cc1cccc(CNc2nc(N)c(Cl)cc2Cl)c1. The molecule has 0 atom stereocenters. The highest BCUT2D eigenvalue weighted by atomic mass is 35.5. The molecular formula is C13H13Cl2N3. The minimum atomic E-state index is 0.271. The van der Waals surface area contributed by atoms with Crippen molar-refractivity contribution in [3.63, 3.8) is 0 Å². The van der Waals surface area contributed by atoms with Gasteiger partial charge in [0.15, 0.2) is 0 Å². The Morgan fingerprint density at radius 1 is 1.22 bits per heavy atom. The molecule has 0 aliphatic carbocycles. The van der Waals surface area contributed by atoms with Gasteiger partial charge in [0.25, 0.3) is 0 Å². The van der Waals surface area contributed by atoms with Crippen LogP contribution in [0.4, 0.5) is 11.6 Å². The number of nitrogen functional groups attached to an aromatic ring is 1. The summed E-state index contributed by atoms with van der Waals surface area (Å²) in [6, 6.07) is 9.78. The summed E-state index contributed by atoms with van der Waals surface area (Å²) in [4.78, 5) is 4.11. The summed E-state index contributed by atoms with van der Waals surface area (Å²) in [6.45, 7) is 2.68. The summed E-state index contributed by atoms with van der Waals surface area (Å²) >= 11 is 11.9. The smallest absolute Gasteiger partial charge is 0.147 e. The number of aromatic nitrogens is 1. The second-order valence-electron chi connectivity index (χ2n) is 4.03. The van der Waals surface area contributed by atoms with Crippen LogP contribution in [0.15, 0.2) is 30.3 Å². The Labute approximate surface area is 116 Å². The van der Waals surface area contributed by atoms with E-state index < -0.39 is 0 Å². The van der Waals surface area contributed by atoms with Crippen molar-refractivity contribution in [2.75, 3.05) is 11.1 Å². The van der Waals surface area contributed by atoms with Crippen LogP contribution in [-0.4, -0.2) is 4.98 Å². The summed E-state index contributed by atoms with van der Waals surface area (Å²) < 4.78 is 0. The van der Waals surface area contributed by atoms with Crippen molar-refractivity contribution in [3.8, 4) is 0 Å². The number of hydrogen-bond acceptors (Lipinski definition) is 3. The first kappa shape index (κ1) is 13.0. The minimum Gasteiger partial charge on any atom is -0.382 e. The lowest BCUT2D eigenvalue weighted by Crippen LogP contribution is -2.04. The average Bonchev–Trinajstić information content (AvgIpc) is 2.32. The lowest BCUT2D eigenvalue weighted by atomic mass is 10.1. The molecule has 0 unspecified atom stereocenters. The van der Waals surface area contributed by atoms with E-state index in [1.54, 1.807) is 6.07 Å². The van der Waals surface area contributed by atoms with Crippen molar-refractivity contribution >= 4 is 34.8 Å². The maximum atomic E-state index is 6.03. The van der Waals surface area contributed by atoms with Crippen molar-refractivity contribution in [3.05, 3.63) is 51.5 Å². The molecular weight excluding hydrogens is 269 g/mol. The molecule has 0 amide bonds. The molecule has 3 nitrogen and oxygen atoms in total. The van der Waals surface area contributed by atoms with Crippen molar-refractivity contribution in [2.24, 2.45) is 0 Å². The van der Waals surface area contributed by atoms with E-state index in [1.807, 2.05) is 12.1 Å². The quantitative estimate of drug-likeness (QED) is 0.897. The molecule has 1 aromatic heterocycles. The van der Waals surface area contributed by atoms with Gasteiger partial charge in [-0.2, -0.15) is 0 Å². The van der Waals surface area contributed by atoms with Crippen LogP contribution in [0.5, 0.6) is 0 Å². The summed E-state index contributed by atoms with van der Waals surface area (Å²) in [5.41, 5.74) is 8.01. The number of pyridine rings is 1. The molecule has 2 aromatic rings. The van der Waals surface area contributed by atoms with E-state index >= 15 is 0 Å². The highest BCUT2D eigenvalue weighted by molar-refractivity contribution is 6.37. The van der Waals surface area contributed by atoms with E-state index in [1.165, 1.54) is 5.56 Å². The molecule has 2 rings (SSSR count). The Bertz CT molecular complexity index is 570. The zero-order valence-corrected chi connectivity index (χ0v) is 11.4. The topological polar surface area (TPSA) is 50.9 Å². The Balaban J connectivity index is 2.13. The molecule has 5 heteroatoms. The van der Waals surface area contributed by atoms with E-state index in [0.29, 0.717) is 22.4 Å². The fraction of sp³-hybridized carbons (Fsp3) is 0.154. The maximum absolute atomic E-state index is 6.03. The number of aryl methyl sites for hydroxylation is 1. The van der Waals surface area contributed by atoms with Gasteiger partial charge in [-0.3, -0.25) is 0 Å². The van der Waals surface area contributed by atoms with Gasteiger partial charge >= 0.3 is 0 Å². The average molecular weight is 282 g/mol. The van der Waals surface area contributed by atoms with Crippen molar-refractivity contribution in [1.29, 1.82) is 0 Å². The first-order chi connectivity index (χ1) is 8.56. The number of rotatable bonds is 3. The van der Waals surface area contributed by atoms with Crippen LogP contribution < -0.4 is 11.1 Å². The number of nitrogens with zero attached hydrogens (tertiary/aromatic N) is 1. The van der Waals surface area contributed by atoms with Crippen molar-refractivity contribution in [1.82, 2.24) is 4.98 Å². The van der Waals surface area contributed by atoms with Gasteiger partial charge in [0.2, 0.25) is 0 Å². The molecule has 1 heterocycles. The third kappa shape index (κ3) is 3.06. The molecule has 0 fully saturated rings. The van der Waals surface area contributed by atoms with Crippen molar-refractivity contribution in [2.45, 2.75) is 13.5 Å². The van der Waals surface area contributed by atoms with Crippen LogP contribution in [0.1, 0.15) is 11.1 Å². The van der Waals surface area contributed by atoms with Crippen LogP contribution in [-0.2, 0) is 6.54 Å². The molecule has 0 spiro atoms. The minimum absolute atomic E-state index is 0.271. The first-order valence-electron chi connectivity index (χ1n) is 5.47. The molecule has 3 N–H and O–H groups in total. The molecule has 0 aliphatic rings. The fourth-order valence-corrected chi connectivity index (χ4v) is 2.04. The predicted molar refractivity (Wildman–Crippen MR) is 77.2 cm³/mol. The van der Waals surface area contributed by atoms with E-state index in [-0.39, 0.29) is 5.82 Å². The van der Waals surface area contributed by atoms with Gasteiger partial charge < -0.3 is 11.1 Å². The monoisotopic (exact) mass is 281 g/mol. The molecule has 0 aliphatic heterocycles. The number of nitrogens with one attached hydrogen (secondary N) is 1. The van der Waals surface area contributed by atoms with Gasteiger partial charge in [0.1, 0.15) is 11.6 Å². The highest BCUT2D eigenvalue weighted by Crippen LogP contribution is 2.27. The van der Waals surface area contributed by atoms with Crippen LogP contribution in [0, 0.1) is 6.92 Å². The Hall–Kier alpha value is -1.45. The third-order valence-corrected chi connectivity index (χ3v) is 3.09. The summed E-state index contributed by atoms with van der Waals surface area (Å²) in [5, 5.41) is 3.96. The zero-order valence-electron chi connectivity index (χ0n) is 9.87. The Kier molecular flexibility index (Phi) is 3.94. The second kappa shape index (κ2) is 5.46. The van der Waals surface area contributed by atoms with Gasteiger partial charge in [0.05, 0.1) is 10.0 Å². The second-order valence-corrected chi connectivity index (χ2v) is 4.84. The van der Waals surface area contributed by atoms with Gasteiger partial charge in [-0.15, -0.1) is 0 Å². The molecule has 94 valence electrons. The van der Waals surface area contributed by atoms with Gasteiger partial charge in [-0.05, 0) is 18.6 Å². The third-order valence-electron chi connectivity index (χ3n) is 2.50.